The minimum Gasteiger partial charge on any atom is -0.334 e. The number of rotatable bonds is 4. The number of aromatic nitrogens is 1. The molecule has 0 radical (unpaired) electrons. The molecule has 1 aromatic carbocycles. The van der Waals surface area contributed by atoms with E-state index in [-0.39, 0.29) is 12.1 Å². The molecule has 1 heterocycles. The topological polar surface area (TPSA) is 54.0 Å². The zero-order chi connectivity index (χ0) is 17.3. The highest BCUT2D eigenvalue weighted by molar-refractivity contribution is 7.13. The molecule has 3 rings (SSSR count). The molecule has 0 saturated heterocycles. The van der Waals surface area contributed by atoms with Crippen LogP contribution in [0.3, 0.4) is 0 Å². The second kappa shape index (κ2) is 6.39. The third-order valence-corrected chi connectivity index (χ3v) is 4.33. The van der Waals surface area contributed by atoms with Crippen molar-refractivity contribution in [2.24, 2.45) is 0 Å². The molecule has 2 aromatic rings. The van der Waals surface area contributed by atoms with Crippen molar-refractivity contribution in [2.45, 2.75) is 31.5 Å². The standard InChI is InChI=1S/C15H13F4N3OS/c16-10-4-3-9(11(5-10)15(17,18)19)6-20-13(23)22-14-21-12(7-24-14)8-1-2-8/h3-5,7-8H,1-2,6H2,(H2,20,21,22,23). The molecule has 1 aliphatic carbocycles. The van der Waals surface area contributed by atoms with E-state index in [1.165, 1.54) is 11.3 Å². The van der Waals surface area contributed by atoms with Crippen LogP contribution < -0.4 is 10.6 Å². The molecule has 1 aromatic heterocycles. The van der Waals surface area contributed by atoms with E-state index in [0.717, 1.165) is 30.7 Å². The van der Waals surface area contributed by atoms with Crippen molar-refractivity contribution in [3.8, 4) is 0 Å². The molecule has 0 spiro atoms. The number of anilines is 1. The quantitative estimate of drug-likeness (QED) is 0.790. The number of thiazole rings is 1. The molecule has 24 heavy (non-hydrogen) atoms. The van der Waals surface area contributed by atoms with E-state index in [4.69, 9.17) is 0 Å². The summed E-state index contributed by atoms with van der Waals surface area (Å²) in [5, 5.41) is 7.06. The monoisotopic (exact) mass is 359 g/mol. The summed E-state index contributed by atoms with van der Waals surface area (Å²) in [6.07, 6.45) is -2.52. The smallest absolute Gasteiger partial charge is 0.334 e. The molecule has 0 unspecified atom stereocenters. The van der Waals surface area contributed by atoms with E-state index >= 15 is 0 Å². The number of nitrogens with one attached hydrogen (secondary N) is 2. The van der Waals surface area contributed by atoms with Gasteiger partial charge in [-0.25, -0.2) is 14.2 Å². The maximum absolute atomic E-state index is 13.0. The Morgan fingerprint density at radius 2 is 2.08 bits per heavy atom. The van der Waals surface area contributed by atoms with Crippen LogP contribution in [0.1, 0.15) is 35.6 Å². The molecule has 4 nitrogen and oxygen atoms in total. The Morgan fingerprint density at radius 1 is 1.33 bits per heavy atom. The van der Waals surface area contributed by atoms with Gasteiger partial charge in [0.1, 0.15) is 5.82 Å². The minimum atomic E-state index is -4.69. The summed E-state index contributed by atoms with van der Waals surface area (Å²) in [6, 6.07) is 1.68. The average Bonchev–Trinajstić information content (AvgIpc) is 3.25. The van der Waals surface area contributed by atoms with Crippen molar-refractivity contribution in [2.75, 3.05) is 5.32 Å². The molecule has 0 bridgehead atoms. The van der Waals surface area contributed by atoms with E-state index in [1.807, 2.05) is 5.38 Å². The Labute approximate surface area is 138 Å². The highest BCUT2D eigenvalue weighted by Gasteiger charge is 2.33. The van der Waals surface area contributed by atoms with Crippen LogP contribution in [0.4, 0.5) is 27.5 Å². The highest BCUT2D eigenvalue weighted by Crippen LogP contribution is 2.40. The number of carbonyl (C=O) groups excluding carboxylic acids is 1. The zero-order valence-electron chi connectivity index (χ0n) is 12.3. The van der Waals surface area contributed by atoms with Gasteiger partial charge in [0.05, 0.1) is 11.3 Å². The van der Waals surface area contributed by atoms with Crippen molar-refractivity contribution in [1.29, 1.82) is 0 Å². The Bertz CT molecular complexity index is 755. The second-order valence-electron chi connectivity index (χ2n) is 5.46. The normalized spacial score (nSPS) is 14.5. The van der Waals surface area contributed by atoms with Crippen LogP contribution in [0.5, 0.6) is 0 Å². The van der Waals surface area contributed by atoms with Crippen molar-refractivity contribution >= 4 is 22.5 Å². The van der Waals surface area contributed by atoms with Gasteiger partial charge >= 0.3 is 12.2 Å². The summed E-state index contributed by atoms with van der Waals surface area (Å²) in [5.41, 5.74) is -0.391. The first-order valence-corrected chi connectivity index (χ1v) is 8.07. The average molecular weight is 359 g/mol. The largest absolute Gasteiger partial charge is 0.416 e. The molecule has 2 amide bonds. The summed E-state index contributed by atoms with van der Waals surface area (Å²) in [6.45, 7) is -0.373. The van der Waals surface area contributed by atoms with Crippen LogP contribution in [0, 0.1) is 5.82 Å². The molecule has 1 fully saturated rings. The third-order valence-electron chi connectivity index (χ3n) is 3.55. The summed E-state index contributed by atoms with van der Waals surface area (Å²) >= 11 is 1.26. The molecule has 0 atom stereocenters. The predicted octanol–water partition coefficient (Wildman–Crippen LogP) is 4.50. The first-order chi connectivity index (χ1) is 11.3. The van der Waals surface area contributed by atoms with Gasteiger partial charge in [-0.05, 0) is 30.5 Å². The highest BCUT2D eigenvalue weighted by atomic mass is 32.1. The van der Waals surface area contributed by atoms with Crippen molar-refractivity contribution in [1.82, 2.24) is 10.3 Å². The maximum Gasteiger partial charge on any atom is 0.416 e. The van der Waals surface area contributed by atoms with Crippen molar-refractivity contribution in [3.05, 3.63) is 46.2 Å². The molecule has 0 aliphatic heterocycles. The number of hydrogen-bond acceptors (Lipinski definition) is 3. The number of amides is 2. The Morgan fingerprint density at radius 3 is 2.75 bits per heavy atom. The predicted molar refractivity (Wildman–Crippen MR) is 81.3 cm³/mol. The molecule has 1 aliphatic rings. The van der Waals surface area contributed by atoms with E-state index < -0.39 is 23.6 Å². The van der Waals surface area contributed by atoms with Crippen LogP contribution in [-0.4, -0.2) is 11.0 Å². The van der Waals surface area contributed by atoms with Crippen LogP contribution in [-0.2, 0) is 12.7 Å². The zero-order valence-corrected chi connectivity index (χ0v) is 13.1. The van der Waals surface area contributed by atoms with Gasteiger partial charge in [0.2, 0.25) is 0 Å². The first-order valence-electron chi connectivity index (χ1n) is 7.19. The van der Waals surface area contributed by atoms with Crippen molar-refractivity contribution < 1.29 is 22.4 Å². The van der Waals surface area contributed by atoms with Crippen LogP contribution in [0.25, 0.3) is 0 Å². The molecule has 9 heteroatoms. The lowest BCUT2D eigenvalue weighted by atomic mass is 10.1. The number of urea groups is 1. The summed E-state index contributed by atoms with van der Waals surface area (Å²) in [5.74, 6) is -0.528. The van der Waals surface area contributed by atoms with Gasteiger partial charge in [-0.1, -0.05) is 6.07 Å². The number of benzene rings is 1. The SMILES string of the molecule is O=C(NCc1ccc(F)cc1C(F)(F)F)Nc1nc(C2CC2)cs1. The molecule has 128 valence electrons. The van der Waals surface area contributed by atoms with Gasteiger partial charge < -0.3 is 5.32 Å². The van der Waals surface area contributed by atoms with Crippen molar-refractivity contribution in [3.63, 3.8) is 0 Å². The van der Waals surface area contributed by atoms with Gasteiger partial charge in [0, 0.05) is 17.8 Å². The van der Waals surface area contributed by atoms with Gasteiger partial charge in [0.15, 0.2) is 5.13 Å². The summed E-state index contributed by atoms with van der Waals surface area (Å²) < 4.78 is 51.7. The summed E-state index contributed by atoms with van der Waals surface area (Å²) in [4.78, 5) is 16.1. The number of halogens is 4. The fourth-order valence-electron chi connectivity index (χ4n) is 2.19. The van der Waals surface area contributed by atoms with Crippen LogP contribution in [0.15, 0.2) is 23.6 Å². The van der Waals surface area contributed by atoms with E-state index in [0.29, 0.717) is 17.1 Å². The lowest BCUT2D eigenvalue weighted by Gasteiger charge is -2.13. The Kier molecular flexibility index (Phi) is 4.44. The number of alkyl halides is 3. The van der Waals surface area contributed by atoms with Crippen LogP contribution >= 0.6 is 11.3 Å². The maximum atomic E-state index is 13.0. The molecule has 1 saturated carbocycles. The van der Waals surface area contributed by atoms with Crippen LogP contribution in [0.2, 0.25) is 0 Å². The first kappa shape index (κ1) is 16.7. The Balaban J connectivity index is 1.61. The molecular formula is C15H13F4N3OS. The fraction of sp³-hybridized carbons (Fsp3) is 0.333. The number of hydrogen-bond donors (Lipinski definition) is 2. The van der Waals surface area contributed by atoms with E-state index in [1.54, 1.807) is 0 Å². The number of carbonyl (C=O) groups is 1. The Hall–Kier alpha value is -2.16. The lowest BCUT2D eigenvalue weighted by Crippen LogP contribution is -2.29. The third kappa shape index (κ3) is 4.02. The van der Waals surface area contributed by atoms with Gasteiger partial charge in [0.25, 0.3) is 0 Å². The van der Waals surface area contributed by atoms with Gasteiger partial charge in [-0.3, -0.25) is 5.32 Å². The molecule has 2 N–H and O–H groups in total. The second-order valence-corrected chi connectivity index (χ2v) is 6.32. The van der Waals surface area contributed by atoms with Gasteiger partial charge in [-0.2, -0.15) is 13.2 Å². The minimum absolute atomic E-state index is 0.211. The van der Waals surface area contributed by atoms with Gasteiger partial charge in [-0.15, -0.1) is 11.3 Å². The lowest BCUT2D eigenvalue weighted by molar-refractivity contribution is -0.138. The van der Waals surface area contributed by atoms with E-state index in [9.17, 15) is 22.4 Å². The fourth-order valence-corrected chi connectivity index (χ4v) is 2.98. The molecular weight excluding hydrogens is 346 g/mol. The number of nitrogens with zero attached hydrogens (tertiary/aromatic N) is 1. The summed E-state index contributed by atoms with van der Waals surface area (Å²) in [7, 11) is 0. The van der Waals surface area contributed by atoms with E-state index in [2.05, 4.69) is 15.6 Å².